The van der Waals surface area contributed by atoms with Crippen molar-refractivity contribution >= 4 is 18.3 Å². The van der Waals surface area contributed by atoms with Crippen LogP contribution < -0.4 is 11.1 Å². The summed E-state index contributed by atoms with van der Waals surface area (Å²) >= 11 is 0. The average molecular weight is 165 g/mol. The third-order valence-corrected chi connectivity index (χ3v) is 0.834. The molecule has 3 N–H and O–H groups in total. The minimum absolute atomic E-state index is 0. The zero-order valence-electron chi connectivity index (χ0n) is 5.96. The summed E-state index contributed by atoms with van der Waals surface area (Å²) in [5, 5.41) is 2.55. The highest BCUT2D eigenvalue weighted by Crippen LogP contribution is 1.72. The molecule has 0 bridgehead atoms. The van der Waals surface area contributed by atoms with Crippen molar-refractivity contribution in [3.05, 3.63) is 12.7 Å². The van der Waals surface area contributed by atoms with Gasteiger partial charge >= 0.3 is 0 Å². The Kier molecular flexibility index (Phi) is 8.00. The Morgan fingerprint density at radius 2 is 2.40 bits per heavy atom. The first-order valence-corrected chi connectivity index (χ1v) is 2.82. The maximum atomic E-state index is 10.6. The third-order valence-electron chi connectivity index (χ3n) is 0.834. The number of carbonyl (C=O) groups excluding carboxylic acids is 1. The van der Waals surface area contributed by atoms with Gasteiger partial charge in [0.15, 0.2) is 0 Å². The van der Waals surface area contributed by atoms with Crippen LogP contribution in [-0.4, -0.2) is 18.5 Å². The van der Waals surface area contributed by atoms with Gasteiger partial charge in [0.1, 0.15) is 0 Å². The van der Waals surface area contributed by atoms with E-state index >= 15 is 0 Å². The first kappa shape index (κ1) is 12.2. The molecule has 0 aromatic rings. The summed E-state index contributed by atoms with van der Waals surface area (Å²) in [6.07, 6.45) is 1.61. The fourth-order valence-electron chi connectivity index (χ4n) is 0.334. The normalized spacial score (nSPS) is 11.0. The molecule has 0 heterocycles. The van der Waals surface area contributed by atoms with Crippen LogP contribution in [0.5, 0.6) is 0 Å². The standard InChI is InChI=1S/C6H12N2O.ClH/c1-3-4-8-6(9)5(2)7;/h3,5H,1,4,7H2,2H3,(H,8,9);1H. The van der Waals surface area contributed by atoms with E-state index in [1.807, 2.05) is 0 Å². The van der Waals surface area contributed by atoms with Crippen molar-refractivity contribution in [1.82, 2.24) is 5.32 Å². The molecule has 60 valence electrons. The van der Waals surface area contributed by atoms with E-state index in [1.165, 1.54) is 0 Å². The molecule has 0 aliphatic carbocycles. The van der Waals surface area contributed by atoms with Crippen LogP contribution in [0, 0.1) is 0 Å². The molecule has 4 heteroatoms. The topological polar surface area (TPSA) is 55.1 Å². The van der Waals surface area contributed by atoms with E-state index in [0.717, 1.165) is 0 Å². The van der Waals surface area contributed by atoms with Crippen molar-refractivity contribution in [2.45, 2.75) is 13.0 Å². The van der Waals surface area contributed by atoms with E-state index in [-0.39, 0.29) is 18.3 Å². The van der Waals surface area contributed by atoms with E-state index in [4.69, 9.17) is 5.73 Å². The van der Waals surface area contributed by atoms with E-state index < -0.39 is 6.04 Å². The number of rotatable bonds is 3. The Labute approximate surface area is 67.1 Å². The van der Waals surface area contributed by atoms with Crippen LogP contribution in [0.25, 0.3) is 0 Å². The van der Waals surface area contributed by atoms with E-state index in [2.05, 4.69) is 11.9 Å². The number of halogens is 1. The van der Waals surface area contributed by atoms with Gasteiger partial charge in [-0.1, -0.05) is 6.08 Å². The molecule has 10 heavy (non-hydrogen) atoms. The van der Waals surface area contributed by atoms with Gasteiger partial charge in [0.25, 0.3) is 0 Å². The Bertz CT molecular complexity index is 114. The van der Waals surface area contributed by atoms with Gasteiger partial charge in [-0.25, -0.2) is 0 Å². The molecule has 1 amide bonds. The second-order valence-corrected chi connectivity index (χ2v) is 1.82. The van der Waals surface area contributed by atoms with Crippen LogP contribution in [-0.2, 0) is 4.79 Å². The lowest BCUT2D eigenvalue weighted by molar-refractivity contribution is -0.121. The summed E-state index contributed by atoms with van der Waals surface area (Å²) in [5.41, 5.74) is 5.23. The lowest BCUT2D eigenvalue weighted by Crippen LogP contribution is -2.38. The zero-order valence-corrected chi connectivity index (χ0v) is 6.78. The van der Waals surface area contributed by atoms with Crippen molar-refractivity contribution in [2.24, 2.45) is 5.73 Å². The zero-order chi connectivity index (χ0) is 7.28. The number of nitrogens with two attached hydrogens (primary N) is 1. The maximum Gasteiger partial charge on any atom is 0.236 e. The average Bonchev–Trinajstić information content (AvgIpc) is 1.82. The van der Waals surface area contributed by atoms with Gasteiger partial charge < -0.3 is 11.1 Å². The fourth-order valence-corrected chi connectivity index (χ4v) is 0.334. The monoisotopic (exact) mass is 164 g/mol. The molecular weight excluding hydrogens is 152 g/mol. The summed E-state index contributed by atoms with van der Waals surface area (Å²) in [7, 11) is 0. The Morgan fingerprint density at radius 3 is 2.70 bits per heavy atom. The summed E-state index contributed by atoms with van der Waals surface area (Å²) in [5.74, 6) is -0.144. The van der Waals surface area contributed by atoms with Crippen molar-refractivity contribution in [3.63, 3.8) is 0 Å². The first-order chi connectivity index (χ1) is 4.18. The molecule has 0 aromatic carbocycles. The van der Waals surface area contributed by atoms with Crippen LogP contribution in [0.15, 0.2) is 12.7 Å². The largest absolute Gasteiger partial charge is 0.351 e. The first-order valence-electron chi connectivity index (χ1n) is 2.82. The minimum atomic E-state index is -0.426. The number of carbonyl (C=O) groups is 1. The van der Waals surface area contributed by atoms with Gasteiger partial charge in [-0.15, -0.1) is 19.0 Å². The van der Waals surface area contributed by atoms with Crippen LogP contribution in [0.3, 0.4) is 0 Å². The van der Waals surface area contributed by atoms with Crippen LogP contribution in [0.1, 0.15) is 6.92 Å². The quantitative estimate of drug-likeness (QED) is 0.580. The number of amides is 1. The number of nitrogens with one attached hydrogen (secondary N) is 1. The highest BCUT2D eigenvalue weighted by atomic mass is 35.5. The molecule has 3 nitrogen and oxygen atoms in total. The predicted molar refractivity (Wildman–Crippen MR) is 44.1 cm³/mol. The molecule has 0 fully saturated rings. The van der Waals surface area contributed by atoms with Gasteiger partial charge in [0, 0.05) is 6.54 Å². The third kappa shape index (κ3) is 5.59. The van der Waals surface area contributed by atoms with Gasteiger partial charge in [-0.3, -0.25) is 4.79 Å². The molecule has 1 unspecified atom stereocenters. The Hall–Kier alpha value is -0.540. The molecule has 0 saturated heterocycles. The highest BCUT2D eigenvalue weighted by molar-refractivity contribution is 5.85. The minimum Gasteiger partial charge on any atom is -0.351 e. The van der Waals surface area contributed by atoms with Crippen molar-refractivity contribution in [3.8, 4) is 0 Å². The van der Waals surface area contributed by atoms with Gasteiger partial charge in [0.2, 0.25) is 5.91 Å². The van der Waals surface area contributed by atoms with E-state index in [9.17, 15) is 4.79 Å². The van der Waals surface area contributed by atoms with Crippen LogP contribution >= 0.6 is 12.4 Å². The number of hydrogen-bond acceptors (Lipinski definition) is 2. The predicted octanol–water partition coefficient (Wildman–Crippen LogP) is 0.0576. The molecule has 0 rings (SSSR count). The second-order valence-electron chi connectivity index (χ2n) is 1.82. The van der Waals surface area contributed by atoms with Gasteiger partial charge in [-0.2, -0.15) is 0 Å². The van der Waals surface area contributed by atoms with Crippen molar-refractivity contribution in [1.29, 1.82) is 0 Å². The summed E-state index contributed by atoms with van der Waals surface area (Å²) < 4.78 is 0. The lowest BCUT2D eigenvalue weighted by atomic mass is 10.3. The molecule has 0 aliphatic rings. The van der Waals surface area contributed by atoms with Crippen LogP contribution in [0.4, 0.5) is 0 Å². The molecule has 0 aromatic heterocycles. The summed E-state index contributed by atoms with van der Waals surface area (Å²) in [6.45, 7) is 5.56. The van der Waals surface area contributed by atoms with Gasteiger partial charge in [-0.05, 0) is 6.92 Å². The lowest BCUT2D eigenvalue weighted by Gasteiger charge is -2.03. The molecular formula is C6H13ClN2O. The second kappa shape index (κ2) is 6.58. The summed E-state index contributed by atoms with van der Waals surface area (Å²) in [4.78, 5) is 10.6. The molecule has 0 saturated carbocycles. The molecule has 1 atom stereocenters. The Balaban J connectivity index is 0. The van der Waals surface area contributed by atoms with Crippen molar-refractivity contribution < 1.29 is 4.79 Å². The van der Waals surface area contributed by atoms with E-state index in [1.54, 1.807) is 13.0 Å². The smallest absolute Gasteiger partial charge is 0.236 e. The Morgan fingerprint density at radius 1 is 1.90 bits per heavy atom. The molecule has 0 aliphatic heterocycles. The maximum absolute atomic E-state index is 10.6. The van der Waals surface area contributed by atoms with Crippen LogP contribution in [0.2, 0.25) is 0 Å². The molecule has 0 spiro atoms. The van der Waals surface area contributed by atoms with Crippen molar-refractivity contribution in [2.75, 3.05) is 6.54 Å². The highest BCUT2D eigenvalue weighted by Gasteiger charge is 2.02. The SMILES string of the molecule is C=CCNC(=O)C(C)N.Cl. The number of hydrogen-bond donors (Lipinski definition) is 2. The summed E-state index contributed by atoms with van der Waals surface area (Å²) in [6, 6.07) is -0.426. The molecule has 0 radical (unpaired) electrons. The fraction of sp³-hybridized carbons (Fsp3) is 0.500. The van der Waals surface area contributed by atoms with Gasteiger partial charge in [0.05, 0.1) is 6.04 Å². The van der Waals surface area contributed by atoms with E-state index in [0.29, 0.717) is 6.54 Å².